The first-order chi connectivity index (χ1) is 12.1. The van der Waals surface area contributed by atoms with Crippen LogP contribution in [0.4, 0.5) is 0 Å². The maximum Gasteiger partial charge on any atom is 0.307 e. The van der Waals surface area contributed by atoms with Crippen molar-refractivity contribution >= 4 is 11.9 Å². The number of carbonyl (C=O) groups excluding carboxylic acids is 1. The number of rotatable bonds is 4. The number of fused-ring (bicyclic) bond motifs is 2. The van der Waals surface area contributed by atoms with Crippen molar-refractivity contribution in [3.63, 3.8) is 0 Å². The van der Waals surface area contributed by atoms with Gasteiger partial charge in [0.2, 0.25) is 5.91 Å². The van der Waals surface area contributed by atoms with E-state index in [1.165, 1.54) is 5.56 Å². The summed E-state index contributed by atoms with van der Waals surface area (Å²) >= 11 is 0. The highest BCUT2D eigenvalue weighted by Gasteiger charge is 2.54. The number of carboxylic acid groups (broad SMARTS) is 1. The maximum absolute atomic E-state index is 13.0. The van der Waals surface area contributed by atoms with Crippen LogP contribution >= 0.6 is 0 Å². The topological polar surface area (TPSA) is 57.6 Å². The normalized spacial score (nSPS) is 32.1. The monoisotopic (exact) mass is 341 g/mol. The second kappa shape index (κ2) is 6.81. The first-order valence-electron chi connectivity index (χ1n) is 9.69. The Morgan fingerprint density at radius 1 is 0.960 bits per heavy atom. The summed E-state index contributed by atoms with van der Waals surface area (Å²) in [5.74, 6) is -0.174. The van der Waals surface area contributed by atoms with Gasteiger partial charge in [-0.2, -0.15) is 0 Å². The van der Waals surface area contributed by atoms with E-state index in [0.717, 1.165) is 51.6 Å². The van der Waals surface area contributed by atoms with Gasteiger partial charge in [-0.15, -0.1) is 0 Å². The number of piperidine rings is 1. The van der Waals surface area contributed by atoms with Gasteiger partial charge in [0.25, 0.3) is 0 Å². The molecular formula is C21H27NO3. The Hall–Kier alpha value is -1.84. The van der Waals surface area contributed by atoms with Crippen molar-refractivity contribution in [3.8, 4) is 0 Å². The van der Waals surface area contributed by atoms with Gasteiger partial charge in [0.1, 0.15) is 0 Å². The number of likely N-dealkylation sites (tertiary alicyclic amines) is 1. The van der Waals surface area contributed by atoms with Crippen LogP contribution in [0.3, 0.4) is 0 Å². The first kappa shape index (κ1) is 16.6. The molecule has 4 nitrogen and oxygen atoms in total. The molecule has 0 unspecified atom stereocenters. The zero-order valence-electron chi connectivity index (χ0n) is 14.6. The fourth-order valence-corrected chi connectivity index (χ4v) is 5.52. The summed E-state index contributed by atoms with van der Waals surface area (Å²) in [7, 11) is 0. The molecule has 4 heteroatoms. The number of aliphatic carboxylic acids is 1. The van der Waals surface area contributed by atoms with E-state index in [1.54, 1.807) is 0 Å². The number of nitrogens with zero attached hydrogens (tertiary/aromatic N) is 1. The van der Waals surface area contributed by atoms with Crippen molar-refractivity contribution in [1.82, 2.24) is 4.90 Å². The van der Waals surface area contributed by atoms with E-state index in [-0.39, 0.29) is 17.7 Å². The zero-order chi connectivity index (χ0) is 17.4. The smallest absolute Gasteiger partial charge is 0.307 e. The highest BCUT2D eigenvalue weighted by molar-refractivity contribution is 5.86. The predicted octanol–water partition coefficient (Wildman–Crippen LogP) is 3.21. The molecule has 1 saturated heterocycles. The van der Waals surface area contributed by atoms with E-state index in [1.807, 2.05) is 11.0 Å². The molecule has 2 bridgehead atoms. The van der Waals surface area contributed by atoms with Gasteiger partial charge in [-0.1, -0.05) is 30.3 Å². The van der Waals surface area contributed by atoms with Gasteiger partial charge in [-0.05, 0) is 61.8 Å². The third-order valence-electron chi connectivity index (χ3n) is 6.78. The average Bonchev–Trinajstić information content (AvgIpc) is 3.24. The second-order valence-corrected chi connectivity index (χ2v) is 8.18. The summed E-state index contributed by atoms with van der Waals surface area (Å²) in [5, 5.41) is 9.59. The van der Waals surface area contributed by atoms with Gasteiger partial charge in [0, 0.05) is 13.1 Å². The molecule has 0 spiro atoms. The van der Waals surface area contributed by atoms with Crippen LogP contribution in [-0.4, -0.2) is 35.0 Å². The first-order valence-corrected chi connectivity index (χ1v) is 9.69. The van der Waals surface area contributed by atoms with E-state index < -0.39 is 11.9 Å². The van der Waals surface area contributed by atoms with Crippen LogP contribution in [0.2, 0.25) is 0 Å². The van der Waals surface area contributed by atoms with Gasteiger partial charge >= 0.3 is 5.97 Å². The Labute approximate surface area is 149 Å². The Kier molecular flexibility index (Phi) is 4.53. The van der Waals surface area contributed by atoms with E-state index >= 15 is 0 Å². The lowest BCUT2D eigenvalue weighted by atomic mass is 9.78. The average molecular weight is 341 g/mol. The number of carboxylic acids is 1. The van der Waals surface area contributed by atoms with Crippen LogP contribution in [-0.2, 0) is 16.0 Å². The lowest BCUT2D eigenvalue weighted by Gasteiger charge is -2.37. The van der Waals surface area contributed by atoms with E-state index in [4.69, 9.17) is 0 Å². The molecule has 1 aliphatic heterocycles. The van der Waals surface area contributed by atoms with Gasteiger partial charge < -0.3 is 10.0 Å². The molecule has 25 heavy (non-hydrogen) atoms. The van der Waals surface area contributed by atoms with Crippen LogP contribution in [0, 0.1) is 29.6 Å². The molecule has 1 aromatic rings. The molecule has 134 valence electrons. The SMILES string of the molecule is O=C(O)[C@@H]1[C@@H]2CC[C@@H](C2)[C@@H]1C(=O)N1CCC(Cc2ccccc2)CC1. The molecule has 1 aromatic carbocycles. The second-order valence-electron chi connectivity index (χ2n) is 8.18. The van der Waals surface area contributed by atoms with Crippen LogP contribution in [0.1, 0.15) is 37.7 Å². The predicted molar refractivity (Wildman–Crippen MR) is 94.9 cm³/mol. The Morgan fingerprint density at radius 3 is 2.24 bits per heavy atom. The molecular weight excluding hydrogens is 314 g/mol. The van der Waals surface area contributed by atoms with Crippen molar-refractivity contribution in [2.24, 2.45) is 29.6 Å². The summed E-state index contributed by atoms with van der Waals surface area (Å²) < 4.78 is 0. The molecule has 0 aromatic heterocycles. The summed E-state index contributed by atoms with van der Waals surface area (Å²) in [6.45, 7) is 1.58. The van der Waals surface area contributed by atoms with Gasteiger partial charge in [-0.3, -0.25) is 9.59 Å². The van der Waals surface area contributed by atoms with Gasteiger partial charge in [0.15, 0.2) is 0 Å². The Morgan fingerprint density at radius 2 is 1.60 bits per heavy atom. The summed E-state index contributed by atoms with van der Waals surface area (Å²) in [6, 6.07) is 10.5. The number of carbonyl (C=O) groups is 2. The molecule has 1 N–H and O–H groups in total. The molecule has 0 radical (unpaired) electrons. The van der Waals surface area contributed by atoms with Crippen LogP contribution in [0.15, 0.2) is 30.3 Å². The molecule has 2 aliphatic carbocycles. The fourth-order valence-electron chi connectivity index (χ4n) is 5.52. The van der Waals surface area contributed by atoms with Gasteiger partial charge in [-0.25, -0.2) is 0 Å². The lowest BCUT2D eigenvalue weighted by molar-refractivity contribution is -0.153. The number of hydrogen-bond donors (Lipinski definition) is 1. The van der Waals surface area contributed by atoms with E-state index in [9.17, 15) is 14.7 Å². The van der Waals surface area contributed by atoms with E-state index in [0.29, 0.717) is 11.8 Å². The highest BCUT2D eigenvalue weighted by Crippen LogP contribution is 2.53. The van der Waals surface area contributed by atoms with Crippen LogP contribution in [0.25, 0.3) is 0 Å². The number of benzene rings is 1. The molecule has 1 amide bonds. The van der Waals surface area contributed by atoms with Crippen molar-refractivity contribution in [2.75, 3.05) is 13.1 Å². The summed E-state index contributed by atoms with van der Waals surface area (Å²) in [5.41, 5.74) is 1.37. The van der Waals surface area contributed by atoms with Gasteiger partial charge in [0.05, 0.1) is 11.8 Å². The quantitative estimate of drug-likeness (QED) is 0.915. The molecule has 2 saturated carbocycles. The lowest BCUT2D eigenvalue weighted by Crippen LogP contribution is -2.46. The van der Waals surface area contributed by atoms with Crippen LogP contribution in [0.5, 0.6) is 0 Å². The maximum atomic E-state index is 13.0. The third-order valence-corrected chi connectivity index (χ3v) is 6.78. The third kappa shape index (κ3) is 3.19. The standard InChI is InChI=1S/C21H27NO3/c23-20(18-16-6-7-17(13-16)19(18)21(24)25)22-10-8-15(9-11-22)12-14-4-2-1-3-5-14/h1-5,15-19H,6-13H2,(H,24,25)/t16-,17+,18-,19+/m0/s1. The van der Waals surface area contributed by atoms with Crippen molar-refractivity contribution < 1.29 is 14.7 Å². The molecule has 1 heterocycles. The molecule has 4 atom stereocenters. The highest BCUT2D eigenvalue weighted by atomic mass is 16.4. The minimum Gasteiger partial charge on any atom is -0.481 e. The zero-order valence-corrected chi connectivity index (χ0v) is 14.6. The molecule has 4 rings (SSSR count). The number of hydrogen-bond acceptors (Lipinski definition) is 2. The summed E-state index contributed by atoms with van der Waals surface area (Å²) in [6.07, 6.45) is 6.10. The fraction of sp³-hybridized carbons (Fsp3) is 0.619. The minimum absolute atomic E-state index is 0.123. The minimum atomic E-state index is -0.760. The molecule has 3 aliphatic rings. The van der Waals surface area contributed by atoms with Crippen molar-refractivity contribution in [3.05, 3.63) is 35.9 Å². The van der Waals surface area contributed by atoms with Crippen molar-refractivity contribution in [1.29, 1.82) is 0 Å². The Bertz CT molecular complexity index is 636. The number of amides is 1. The molecule has 3 fully saturated rings. The Balaban J connectivity index is 1.36. The van der Waals surface area contributed by atoms with E-state index in [2.05, 4.69) is 24.3 Å². The van der Waals surface area contributed by atoms with Crippen LogP contribution < -0.4 is 0 Å². The summed E-state index contributed by atoms with van der Waals surface area (Å²) in [4.78, 5) is 26.7. The largest absolute Gasteiger partial charge is 0.481 e. The van der Waals surface area contributed by atoms with Crippen molar-refractivity contribution in [2.45, 2.75) is 38.5 Å².